The molecule has 0 aliphatic heterocycles. The van der Waals surface area contributed by atoms with Gasteiger partial charge in [0, 0.05) is 15.2 Å². The van der Waals surface area contributed by atoms with Gasteiger partial charge in [-0.1, -0.05) is 23.2 Å². The van der Waals surface area contributed by atoms with E-state index in [1.807, 2.05) is 19.1 Å². The fourth-order valence-electron chi connectivity index (χ4n) is 1.53. The molecule has 2 rings (SSSR count). The third-order valence-corrected chi connectivity index (χ3v) is 3.77. The molecule has 0 saturated carbocycles. The molecule has 0 radical (unpaired) electrons. The Morgan fingerprint density at radius 2 is 1.83 bits per heavy atom. The Labute approximate surface area is 124 Å². The predicted octanol–water partition coefficient (Wildman–Crippen LogP) is 5.39. The summed E-state index contributed by atoms with van der Waals surface area (Å²) in [6.45, 7) is 1.95. The van der Waals surface area contributed by atoms with E-state index < -0.39 is 0 Å². The monoisotopic (exact) mass is 344 g/mol. The Balaban J connectivity index is 2.40. The van der Waals surface area contributed by atoms with Gasteiger partial charge in [0.25, 0.3) is 0 Å². The van der Waals surface area contributed by atoms with Crippen molar-refractivity contribution in [3.8, 4) is 0 Å². The molecule has 0 aromatic heterocycles. The molecule has 2 aromatic carbocycles. The molecule has 0 amide bonds. The van der Waals surface area contributed by atoms with Crippen LogP contribution in [0.1, 0.15) is 5.56 Å². The Kier molecular flexibility index (Phi) is 4.05. The fraction of sp³-hybridized carbons (Fsp3) is 0.0769. The second-order valence-corrected chi connectivity index (χ2v) is 5.64. The fourth-order valence-corrected chi connectivity index (χ4v) is 2.33. The lowest BCUT2D eigenvalue weighted by Gasteiger charge is -2.12. The largest absolute Gasteiger partial charge is 0.398 e. The number of halogens is 3. The molecule has 0 saturated heterocycles. The van der Waals surface area contributed by atoms with Gasteiger partial charge >= 0.3 is 0 Å². The maximum absolute atomic E-state index is 6.11. The highest BCUT2D eigenvalue weighted by atomic mass is 79.9. The van der Waals surface area contributed by atoms with Crippen LogP contribution in [0.25, 0.3) is 0 Å². The van der Waals surface area contributed by atoms with Gasteiger partial charge in [0.15, 0.2) is 0 Å². The lowest BCUT2D eigenvalue weighted by molar-refractivity contribution is 1.43. The molecule has 0 atom stereocenters. The van der Waals surface area contributed by atoms with Crippen LogP contribution in [0.5, 0.6) is 0 Å². The normalized spacial score (nSPS) is 10.4. The van der Waals surface area contributed by atoms with Crippen molar-refractivity contribution in [3.05, 3.63) is 50.4 Å². The standard InChI is InChI=1S/C13H11BrCl2N2/c1-7-4-12(9(14)6-11(7)17)18-13-5-8(15)2-3-10(13)16/h2-6,18H,17H2,1H3. The van der Waals surface area contributed by atoms with Crippen molar-refractivity contribution >= 4 is 56.2 Å². The topological polar surface area (TPSA) is 38.0 Å². The van der Waals surface area contributed by atoms with E-state index in [9.17, 15) is 0 Å². The molecular formula is C13H11BrCl2N2. The maximum atomic E-state index is 6.11. The van der Waals surface area contributed by atoms with Crippen LogP contribution in [0, 0.1) is 6.92 Å². The van der Waals surface area contributed by atoms with Gasteiger partial charge in [-0.3, -0.25) is 0 Å². The van der Waals surface area contributed by atoms with Gasteiger partial charge < -0.3 is 11.1 Å². The molecule has 3 N–H and O–H groups in total. The van der Waals surface area contributed by atoms with Crippen molar-refractivity contribution < 1.29 is 0 Å². The minimum Gasteiger partial charge on any atom is -0.398 e. The van der Waals surface area contributed by atoms with Crippen LogP contribution in [0.3, 0.4) is 0 Å². The Morgan fingerprint density at radius 3 is 2.56 bits per heavy atom. The highest BCUT2D eigenvalue weighted by Gasteiger charge is 2.07. The van der Waals surface area contributed by atoms with E-state index in [2.05, 4.69) is 21.2 Å². The minimum absolute atomic E-state index is 0.612. The van der Waals surface area contributed by atoms with E-state index in [0.717, 1.165) is 27.1 Å². The number of anilines is 3. The van der Waals surface area contributed by atoms with Crippen LogP contribution in [-0.4, -0.2) is 0 Å². The van der Waals surface area contributed by atoms with E-state index in [1.165, 1.54) is 0 Å². The highest BCUT2D eigenvalue weighted by Crippen LogP contribution is 2.33. The smallest absolute Gasteiger partial charge is 0.0642 e. The quantitative estimate of drug-likeness (QED) is 0.716. The Morgan fingerprint density at radius 1 is 1.11 bits per heavy atom. The number of hydrogen-bond donors (Lipinski definition) is 2. The molecule has 0 aliphatic rings. The SMILES string of the molecule is Cc1cc(Nc2cc(Cl)ccc2Cl)c(Br)cc1N. The van der Waals surface area contributed by atoms with E-state index in [0.29, 0.717) is 10.0 Å². The van der Waals surface area contributed by atoms with Gasteiger partial charge in [0.2, 0.25) is 0 Å². The first kappa shape index (κ1) is 13.5. The van der Waals surface area contributed by atoms with Gasteiger partial charge in [0.1, 0.15) is 0 Å². The number of aryl methyl sites for hydroxylation is 1. The van der Waals surface area contributed by atoms with Gasteiger partial charge in [-0.15, -0.1) is 0 Å². The predicted molar refractivity (Wildman–Crippen MR) is 83.0 cm³/mol. The van der Waals surface area contributed by atoms with Crippen molar-refractivity contribution in [3.63, 3.8) is 0 Å². The zero-order valence-electron chi connectivity index (χ0n) is 9.60. The van der Waals surface area contributed by atoms with Gasteiger partial charge in [-0.25, -0.2) is 0 Å². The molecular weight excluding hydrogens is 335 g/mol. The van der Waals surface area contributed by atoms with Crippen molar-refractivity contribution in [2.45, 2.75) is 6.92 Å². The van der Waals surface area contributed by atoms with E-state index in [4.69, 9.17) is 28.9 Å². The van der Waals surface area contributed by atoms with Gasteiger partial charge in [-0.05, 0) is 58.7 Å². The molecule has 0 bridgehead atoms. The van der Waals surface area contributed by atoms with Gasteiger partial charge in [-0.2, -0.15) is 0 Å². The zero-order chi connectivity index (χ0) is 13.3. The molecule has 0 spiro atoms. The second-order valence-electron chi connectivity index (χ2n) is 3.94. The molecule has 0 heterocycles. The number of benzene rings is 2. The first-order valence-electron chi connectivity index (χ1n) is 5.25. The van der Waals surface area contributed by atoms with Crippen LogP contribution in [0.4, 0.5) is 17.1 Å². The van der Waals surface area contributed by atoms with E-state index in [-0.39, 0.29) is 0 Å². The first-order chi connectivity index (χ1) is 8.47. The number of hydrogen-bond acceptors (Lipinski definition) is 2. The minimum atomic E-state index is 0.612. The molecule has 2 nitrogen and oxygen atoms in total. The van der Waals surface area contributed by atoms with Crippen LogP contribution in [-0.2, 0) is 0 Å². The third-order valence-electron chi connectivity index (χ3n) is 2.55. The summed E-state index contributed by atoms with van der Waals surface area (Å²) in [5.74, 6) is 0. The summed E-state index contributed by atoms with van der Waals surface area (Å²) in [5.41, 5.74) is 9.22. The van der Waals surface area contributed by atoms with Crippen molar-refractivity contribution in [2.75, 3.05) is 11.1 Å². The molecule has 0 fully saturated rings. The van der Waals surface area contributed by atoms with Gasteiger partial charge in [0.05, 0.1) is 16.4 Å². The summed E-state index contributed by atoms with van der Waals surface area (Å²) >= 11 is 15.5. The zero-order valence-corrected chi connectivity index (χ0v) is 12.7. The van der Waals surface area contributed by atoms with Crippen LogP contribution < -0.4 is 11.1 Å². The summed E-state index contributed by atoms with van der Waals surface area (Å²) in [4.78, 5) is 0. The van der Waals surface area contributed by atoms with Crippen molar-refractivity contribution in [1.82, 2.24) is 0 Å². The number of rotatable bonds is 2. The lowest BCUT2D eigenvalue weighted by Crippen LogP contribution is -1.96. The van der Waals surface area contributed by atoms with Crippen LogP contribution in [0.2, 0.25) is 10.0 Å². The third kappa shape index (κ3) is 2.91. The Hall–Kier alpha value is -0.900. The molecule has 0 unspecified atom stereocenters. The maximum Gasteiger partial charge on any atom is 0.0642 e. The average Bonchev–Trinajstić information content (AvgIpc) is 2.30. The number of nitrogens with one attached hydrogen (secondary N) is 1. The summed E-state index contributed by atoms with van der Waals surface area (Å²) in [5, 5.41) is 4.47. The van der Waals surface area contributed by atoms with Crippen LogP contribution >= 0.6 is 39.1 Å². The molecule has 2 aromatic rings. The summed E-state index contributed by atoms with van der Waals surface area (Å²) in [6.07, 6.45) is 0. The molecule has 0 aliphatic carbocycles. The highest BCUT2D eigenvalue weighted by molar-refractivity contribution is 9.10. The van der Waals surface area contributed by atoms with Crippen molar-refractivity contribution in [1.29, 1.82) is 0 Å². The lowest BCUT2D eigenvalue weighted by atomic mass is 10.2. The molecule has 18 heavy (non-hydrogen) atoms. The van der Waals surface area contributed by atoms with E-state index in [1.54, 1.807) is 18.2 Å². The van der Waals surface area contributed by atoms with E-state index >= 15 is 0 Å². The summed E-state index contributed by atoms with van der Waals surface area (Å²) < 4.78 is 0.877. The molecule has 94 valence electrons. The number of nitrogens with two attached hydrogens (primary N) is 1. The van der Waals surface area contributed by atoms with Crippen molar-refractivity contribution in [2.24, 2.45) is 0 Å². The Bertz CT molecular complexity index is 600. The summed E-state index contributed by atoms with van der Waals surface area (Å²) in [7, 11) is 0. The number of nitrogen functional groups attached to an aromatic ring is 1. The summed E-state index contributed by atoms with van der Waals surface area (Å²) in [6, 6.07) is 9.09. The average molecular weight is 346 g/mol. The second kappa shape index (κ2) is 5.39. The van der Waals surface area contributed by atoms with Crippen LogP contribution in [0.15, 0.2) is 34.8 Å². The molecule has 5 heteroatoms. The first-order valence-corrected chi connectivity index (χ1v) is 6.80.